The first-order valence-corrected chi connectivity index (χ1v) is 3.53. The fourth-order valence-corrected chi connectivity index (χ4v) is 1.15. The van der Waals surface area contributed by atoms with Gasteiger partial charge in [-0.3, -0.25) is 0 Å². The SMILES string of the molecule is OC[C@H]1O[C@@](O)(CO)[C@H](O)C1O. The maximum atomic E-state index is 9.25. The molecule has 0 aromatic carbocycles. The minimum absolute atomic E-state index is 0.527. The normalized spacial score (nSPS) is 48.2. The van der Waals surface area contributed by atoms with Crippen molar-refractivity contribution in [3.8, 4) is 0 Å². The van der Waals surface area contributed by atoms with Crippen LogP contribution in [0.15, 0.2) is 0 Å². The van der Waals surface area contributed by atoms with Crippen molar-refractivity contribution in [3.63, 3.8) is 0 Å². The Labute approximate surface area is 68.6 Å². The summed E-state index contributed by atoms with van der Waals surface area (Å²) >= 11 is 0. The highest BCUT2D eigenvalue weighted by Crippen LogP contribution is 2.28. The molecule has 1 saturated heterocycles. The van der Waals surface area contributed by atoms with Gasteiger partial charge in [0.05, 0.1) is 13.2 Å². The molecule has 5 N–H and O–H groups in total. The van der Waals surface area contributed by atoms with Crippen LogP contribution in [0.25, 0.3) is 0 Å². The number of aliphatic hydroxyl groups is 5. The molecule has 1 aliphatic heterocycles. The van der Waals surface area contributed by atoms with Crippen molar-refractivity contribution < 1.29 is 30.3 Å². The van der Waals surface area contributed by atoms with Gasteiger partial charge in [-0.15, -0.1) is 0 Å². The van der Waals surface area contributed by atoms with Crippen molar-refractivity contribution in [2.24, 2.45) is 0 Å². The number of rotatable bonds is 2. The van der Waals surface area contributed by atoms with Gasteiger partial charge in [0, 0.05) is 0 Å². The summed E-state index contributed by atoms with van der Waals surface area (Å²) in [7, 11) is 0. The predicted octanol–water partition coefficient (Wildman–Crippen LogP) is -3.22. The van der Waals surface area contributed by atoms with Crippen LogP contribution in [0.2, 0.25) is 0 Å². The van der Waals surface area contributed by atoms with Crippen LogP contribution < -0.4 is 0 Å². The van der Waals surface area contributed by atoms with Gasteiger partial charge in [0.1, 0.15) is 18.3 Å². The van der Waals surface area contributed by atoms with Crippen molar-refractivity contribution >= 4 is 0 Å². The molecule has 1 aliphatic rings. The quantitative estimate of drug-likeness (QED) is 0.306. The Kier molecular flexibility index (Phi) is 2.67. The van der Waals surface area contributed by atoms with E-state index in [2.05, 4.69) is 4.74 Å². The number of hydrogen-bond acceptors (Lipinski definition) is 6. The van der Waals surface area contributed by atoms with E-state index in [1.165, 1.54) is 0 Å². The van der Waals surface area contributed by atoms with E-state index in [1.807, 2.05) is 0 Å². The van der Waals surface area contributed by atoms with Crippen molar-refractivity contribution in [3.05, 3.63) is 0 Å². The lowest BCUT2D eigenvalue weighted by Crippen LogP contribution is -2.46. The summed E-state index contributed by atoms with van der Waals surface area (Å²) in [5.74, 6) is -2.16. The topological polar surface area (TPSA) is 110 Å². The summed E-state index contributed by atoms with van der Waals surface area (Å²) in [6, 6.07) is 0. The molecule has 0 saturated carbocycles. The van der Waals surface area contributed by atoms with Crippen molar-refractivity contribution in [2.45, 2.75) is 24.1 Å². The molecule has 0 spiro atoms. The summed E-state index contributed by atoms with van der Waals surface area (Å²) in [6.07, 6.45) is -4.04. The molecule has 0 aromatic heterocycles. The van der Waals surface area contributed by atoms with Gasteiger partial charge in [0.15, 0.2) is 0 Å². The van der Waals surface area contributed by atoms with Crippen LogP contribution in [0.5, 0.6) is 0 Å². The highest BCUT2D eigenvalue weighted by Gasteiger charge is 2.52. The first-order chi connectivity index (χ1) is 5.55. The minimum Gasteiger partial charge on any atom is -0.394 e. The van der Waals surface area contributed by atoms with E-state index in [-0.39, 0.29) is 0 Å². The second kappa shape index (κ2) is 3.25. The summed E-state index contributed by atoms with van der Waals surface area (Å²) in [5, 5.41) is 44.7. The zero-order valence-corrected chi connectivity index (χ0v) is 6.29. The zero-order valence-electron chi connectivity index (χ0n) is 6.29. The second-order valence-electron chi connectivity index (χ2n) is 2.78. The Bertz CT molecular complexity index is 162. The molecule has 0 radical (unpaired) electrons. The third kappa shape index (κ3) is 1.33. The van der Waals surface area contributed by atoms with E-state index in [4.69, 9.17) is 20.4 Å². The lowest BCUT2D eigenvalue weighted by Gasteiger charge is -2.22. The van der Waals surface area contributed by atoms with Crippen molar-refractivity contribution in [2.75, 3.05) is 13.2 Å². The van der Waals surface area contributed by atoms with Gasteiger partial charge in [0.2, 0.25) is 5.79 Å². The number of hydrogen-bond donors (Lipinski definition) is 5. The first kappa shape index (κ1) is 9.85. The predicted molar refractivity (Wildman–Crippen MR) is 36.0 cm³/mol. The van der Waals surface area contributed by atoms with E-state index in [1.54, 1.807) is 0 Å². The zero-order chi connectivity index (χ0) is 9.35. The summed E-state index contributed by atoms with van der Waals surface area (Å²) in [4.78, 5) is 0. The van der Waals surface area contributed by atoms with Gasteiger partial charge in [-0.2, -0.15) is 0 Å². The van der Waals surface area contributed by atoms with Crippen molar-refractivity contribution in [1.29, 1.82) is 0 Å². The van der Waals surface area contributed by atoms with Crippen molar-refractivity contribution in [1.82, 2.24) is 0 Å². The summed E-state index contributed by atoms with van der Waals surface area (Å²) in [5.41, 5.74) is 0. The fourth-order valence-electron chi connectivity index (χ4n) is 1.15. The summed E-state index contributed by atoms with van der Waals surface area (Å²) in [6.45, 7) is -1.36. The third-order valence-corrected chi connectivity index (χ3v) is 1.93. The summed E-state index contributed by atoms with van der Waals surface area (Å²) < 4.78 is 4.63. The minimum atomic E-state index is -2.16. The molecular formula is C6H12O6. The van der Waals surface area contributed by atoms with Gasteiger partial charge >= 0.3 is 0 Å². The molecule has 0 aromatic rings. The van der Waals surface area contributed by atoms with Crippen LogP contribution in [0, 0.1) is 0 Å². The highest BCUT2D eigenvalue weighted by molar-refractivity contribution is 4.94. The van der Waals surface area contributed by atoms with E-state index in [0.29, 0.717) is 0 Å². The molecule has 6 heteroatoms. The Balaban J connectivity index is 2.72. The van der Waals surface area contributed by atoms with E-state index >= 15 is 0 Å². The molecule has 72 valence electrons. The molecule has 6 nitrogen and oxygen atoms in total. The molecule has 0 amide bonds. The monoisotopic (exact) mass is 180 g/mol. The maximum absolute atomic E-state index is 9.25. The maximum Gasteiger partial charge on any atom is 0.219 e. The number of aliphatic hydroxyl groups excluding tert-OH is 4. The van der Waals surface area contributed by atoms with Gasteiger partial charge in [0.25, 0.3) is 0 Å². The van der Waals surface area contributed by atoms with Gasteiger partial charge < -0.3 is 30.3 Å². The van der Waals surface area contributed by atoms with E-state index < -0.39 is 37.3 Å². The van der Waals surface area contributed by atoms with Crippen LogP contribution in [-0.2, 0) is 4.74 Å². The average molecular weight is 180 g/mol. The van der Waals surface area contributed by atoms with Gasteiger partial charge in [-0.25, -0.2) is 0 Å². The largest absolute Gasteiger partial charge is 0.394 e. The molecule has 0 bridgehead atoms. The van der Waals surface area contributed by atoms with Crippen LogP contribution in [0.1, 0.15) is 0 Å². The molecule has 4 atom stereocenters. The molecule has 12 heavy (non-hydrogen) atoms. The molecular weight excluding hydrogens is 168 g/mol. The molecule has 1 unspecified atom stereocenters. The Hall–Kier alpha value is -0.240. The smallest absolute Gasteiger partial charge is 0.219 e. The van der Waals surface area contributed by atoms with Gasteiger partial charge in [-0.1, -0.05) is 0 Å². The Morgan fingerprint density at radius 3 is 2.08 bits per heavy atom. The Morgan fingerprint density at radius 1 is 1.25 bits per heavy atom. The first-order valence-electron chi connectivity index (χ1n) is 3.53. The second-order valence-corrected chi connectivity index (χ2v) is 2.78. The Morgan fingerprint density at radius 2 is 1.83 bits per heavy atom. The standard InChI is InChI=1S/C6H12O6/c7-1-3-4(9)5(10)6(11,2-8)12-3/h3-5,7-11H,1-2H2/t3-,4?,5-,6+/m1/s1. The van der Waals surface area contributed by atoms with Crippen LogP contribution in [-0.4, -0.2) is 62.8 Å². The van der Waals surface area contributed by atoms with Crippen LogP contribution in [0.3, 0.4) is 0 Å². The van der Waals surface area contributed by atoms with Crippen LogP contribution >= 0.6 is 0 Å². The number of ether oxygens (including phenoxy) is 1. The van der Waals surface area contributed by atoms with Crippen LogP contribution in [0.4, 0.5) is 0 Å². The lowest BCUT2D eigenvalue weighted by atomic mass is 10.1. The van der Waals surface area contributed by atoms with Gasteiger partial charge in [-0.05, 0) is 0 Å². The average Bonchev–Trinajstić information content (AvgIpc) is 2.31. The highest BCUT2D eigenvalue weighted by atomic mass is 16.7. The fraction of sp³-hybridized carbons (Fsp3) is 1.00. The molecule has 1 rings (SSSR count). The molecule has 0 aliphatic carbocycles. The van der Waals surface area contributed by atoms with E-state index in [0.717, 1.165) is 0 Å². The lowest BCUT2D eigenvalue weighted by molar-refractivity contribution is -0.248. The molecule has 1 fully saturated rings. The molecule has 1 heterocycles. The third-order valence-electron chi connectivity index (χ3n) is 1.93. The van der Waals surface area contributed by atoms with E-state index in [9.17, 15) is 5.11 Å².